The summed E-state index contributed by atoms with van der Waals surface area (Å²) in [6, 6.07) is 8.46. The van der Waals surface area contributed by atoms with Crippen molar-refractivity contribution in [3.8, 4) is 5.75 Å². The molecule has 94 valence electrons. The minimum Gasteiger partial charge on any atom is -0.493 e. The van der Waals surface area contributed by atoms with Gasteiger partial charge in [-0.2, -0.15) is 0 Å². The molecular formula is C15H23NO. The van der Waals surface area contributed by atoms with Crippen LogP contribution in [0.1, 0.15) is 38.2 Å². The van der Waals surface area contributed by atoms with E-state index in [9.17, 15) is 0 Å². The maximum atomic E-state index is 5.97. The van der Waals surface area contributed by atoms with Gasteiger partial charge < -0.3 is 10.5 Å². The van der Waals surface area contributed by atoms with Crippen molar-refractivity contribution in [1.82, 2.24) is 0 Å². The third kappa shape index (κ3) is 3.74. The third-order valence-corrected chi connectivity index (χ3v) is 3.46. The van der Waals surface area contributed by atoms with Crippen LogP contribution in [-0.2, 0) is 6.42 Å². The molecule has 2 heteroatoms. The number of ether oxygens (including phenoxy) is 1. The molecule has 1 fully saturated rings. The Balaban J connectivity index is 1.94. The van der Waals surface area contributed by atoms with E-state index in [0.717, 1.165) is 24.7 Å². The Morgan fingerprint density at radius 3 is 2.71 bits per heavy atom. The molecule has 0 saturated heterocycles. The van der Waals surface area contributed by atoms with Gasteiger partial charge in [0, 0.05) is 6.04 Å². The van der Waals surface area contributed by atoms with Gasteiger partial charge in [-0.05, 0) is 43.7 Å². The molecule has 2 nitrogen and oxygen atoms in total. The lowest BCUT2D eigenvalue weighted by molar-refractivity contribution is 0.249. The van der Waals surface area contributed by atoms with Crippen LogP contribution in [-0.4, -0.2) is 12.6 Å². The Hall–Kier alpha value is -1.02. The molecule has 0 heterocycles. The Morgan fingerprint density at radius 2 is 2.00 bits per heavy atom. The van der Waals surface area contributed by atoms with Crippen LogP contribution in [0, 0.1) is 5.92 Å². The Kier molecular flexibility index (Phi) is 4.43. The largest absolute Gasteiger partial charge is 0.493 e. The van der Waals surface area contributed by atoms with E-state index in [1.807, 2.05) is 13.0 Å². The first-order valence-electron chi connectivity index (χ1n) is 6.72. The third-order valence-electron chi connectivity index (χ3n) is 3.46. The number of hydrogen-bond acceptors (Lipinski definition) is 2. The number of benzene rings is 1. The monoisotopic (exact) mass is 233 g/mol. The zero-order valence-corrected chi connectivity index (χ0v) is 10.7. The van der Waals surface area contributed by atoms with Gasteiger partial charge in [-0.15, -0.1) is 0 Å². The number of hydrogen-bond donors (Lipinski definition) is 1. The lowest BCUT2D eigenvalue weighted by atomic mass is 10.1. The van der Waals surface area contributed by atoms with Crippen LogP contribution in [0.3, 0.4) is 0 Å². The van der Waals surface area contributed by atoms with Gasteiger partial charge in [-0.3, -0.25) is 0 Å². The average Bonchev–Trinajstić information content (AvgIpc) is 2.80. The van der Waals surface area contributed by atoms with Crippen LogP contribution in [0.5, 0.6) is 5.75 Å². The predicted molar refractivity (Wildman–Crippen MR) is 71.2 cm³/mol. The van der Waals surface area contributed by atoms with Crippen molar-refractivity contribution in [3.63, 3.8) is 0 Å². The minimum atomic E-state index is 0.186. The highest BCUT2D eigenvalue weighted by Crippen LogP contribution is 2.27. The molecule has 1 saturated carbocycles. The van der Waals surface area contributed by atoms with Crippen molar-refractivity contribution in [1.29, 1.82) is 0 Å². The van der Waals surface area contributed by atoms with Gasteiger partial charge in [0.2, 0.25) is 0 Å². The van der Waals surface area contributed by atoms with Crippen LogP contribution in [0.25, 0.3) is 0 Å². The van der Waals surface area contributed by atoms with Gasteiger partial charge in [0.25, 0.3) is 0 Å². The molecule has 0 radical (unpaired) electrons. The Morgan fingerprint density at radius 1 is 1.29 bits per heavy atom. The molecule has 0 amide bonds. The van der Waals surface area contributed by atoms with E-state index in [1.54, 1.807) is 0 Å². The van der Waals surface area contributed by atoms with Gasteiger partial charge >= 0.3 is 0 Å². The molecule has 17 heavy (non-hydrogen) atoms. The van der Waals surface area contributed by atoms with Crippen molar-refractivity contribution in [2.24, 2.45) is 11.7 Å². The average molecular weight is 233 g/mol. The fourth-order valence-corrected chi connectivity index (χ4v) is 2.54. The molecule has 0 spiro atoms. The summed E-state index contributed by atoms with van der Waals surface area (Å²) in [5, 5.41) is 0. The lowest BCUT2D eigenvalue weighted by Gasteiger charge is -2.15. The van der Waals surface area contributed by atoms with Crippen LogP contribution in [0.4, 0.5) is 0 Å². The van der Waals surface area contributed by atoms with E-state index in [4.69, 9.17) is 10.5 Å². The van der Waals surface area contributed by atoms with E-state index in [1.165, 1.54) is 31.2 Å². The predicted octanol–water partition coefficient (Wildman–Crippen LogP) is 3.15. The van der Waals surface area contributed by atoms with E-state index in [-0.39, 0.29) is 6.04 Å². The van der Waals surface area contributed by atoms with Gasteiger partial charge in [0.05, 0.1) is 6.61 Å². The van der Waals surface area contributed by atoms with Crippen LogP contribution >= 0.6 is 0 Å². The highest BCUT2D eigenvalue weighted by atomic mass is 16.5. The molecule has 2 rings (SSSR count). The first-order valence-corrected chi connectivity index (χ1v) is 6.72. The maximum absolute atomic E-state index is 5.97. The smallest absolute Gasteiger partial charge is 0.122 e. The molecule has 1 aliphatic rings. The zero-order chi connectivity index (χ0) is 12.1. The molecule has 1 aromatic rings. The van der Waals surface area contributed by atoms with Crippen LogP contribution < -0.4 is 10.5 Å². The van der Waals surface area contributed by atoms with Gasteiger partial charge in [-0.1, -0.05) is 31.0 Å². The summed E-state index contributed by atoms with van der Waals surface area (Å²) in [5.41, 5.74) is 7.09. The minimum absolute atomic E-state index is 0.186. The van der Waals surface area contributed by atoms with Crippen molar-refractivity contribution in [3.05, 3.63) is 29.8 Å². The molecule has 1 aliphatic carbocycles. The molecular weight excluding hydrogens is 210 g/mol. The number of nitrogens with two attached hydrogens (primary N) is 1. The van der Waals surface area contributed by atoms with Crippen molar-refractivity contribution < 1.29 is 4.74 Å². The normalized spacial score (nSPS) is 18.2. The molecule has 0 aliphatic heterocycles. The molecule has 1 unspecified atom stereocenters. The molecule has 0 bridgehead atoms. The van der Waals surface area contributed by atoms with Gasteiger partial charge in [0.15, 0.2) is 0 Å². The van der Waals surface area contributed by atoms with E-state index in [2.05, 4.69) is 18.2 Å². The van der Waals surface area contributed by atoms with E-state index >= 15 is 0 Å². The summed E-state index contributed by atoms with van der Waals surface area (Å²) in [6.07, 6.45) is 6.29. The summed E-state index contributed by atoms with van der Waals surface area (Å²) in [4.78, 5) is 0. The standard InChI is InChI=1S/C15H23NO/c1-12(16)10-14-8-4-5-9-15(14)17-11-13-6-2-3-7-13/h4-5,8-9,12-13H,2-3,6-7,10-11,16H2,1H3. The summed E-state index contributed by atoms with van der Waals surface area (Å²) in [7, 11) is 0. The quantitative estimate of drug-likeness (QED) is 0.848. The number of rotatable bonds is 5. The zero-order valence-electron chi connectivity index (χ0n) is 10.7. The van der Waals surface area contributed by atoms with E-state index < -0.39 is 0 Å². The van der Waals surface area contributed by atoms with Gasteiger partial charge in [-0.25, -0.2) is 0 Å². The summed E-state index contributed by atoms with van der Waals surface area (Å²) >= 11 is 0. The fraction of sp³-hybridized carbons (Fsp3) is 0.600. The maximum Gasteiger partial charge on any atom is 0.122 e. The molecule has 2 N–H and O–H groups in total. The second-order valence-electron chi connectivity index (χ2n) is 5.25. The fourth-order valence-electron chi connectivity index (χ4n) is 2.54. The topological polar surface area (TPSA) is 35.2 Å². The summed E-state index contributed by atoms with van der Waals surface area (Å²) < 4.78 is 5.97. The highest BCUT2D eigenvalue weighted by molar-refractivity contribution is 5.33. The van der Waals surface area contributed by atoms with Crippen molar-refractivity contribution >= 4 is 0 Å². The van der Waals surface area contributed by atoms with Gasteiger partial charge in [0.1, 0.15) is 5.75 Å². The highest BCUT2D eigenvalue weighted by Gasteiger charge is 2.16. The Labute approximate surface area is 104 Å². The van der Waals surface area contributed by atoms with Crippen LogP contribution in [0.2, 0.25) is 0 Å². The van der Waals surface area contributed by atoms with Crippen molar-refractivity contribution in [2.45, 2.75) is 45.1 Å². The number of para-hydroxylation sites is 1. The first kappa shape index (κ1) is 12.4. The second-order valence-corrected chi connectivity index (χ2v) is 5.25. The van der Waals surface area contributed by atoms with Crippen molar-refractivity contribution in [2.75, 3.05) is 6.61 Å². The molecule has 1 aromatic carbocycles. The summed E-state index contributed by atoms with van der Waals surface area (Å²) in [5.74, 6) is 1.79. The SMILES string of the molecule is CC(N)Cc1ccccc1OCC1CCCC1. The lowest BCUT2D eigenvalue weighted by Crippen LogP contribution is -2.18. The van der Waals surface area contributed by atoms with E-state index in [0.29, 0.717) is 0 Å². The second kappa shape index (κ2) is 6.06. The first-order chi connectivity index (χ1) is 8.25. The molecule has 0 aromatic heterocycles. The Bertz CT molecular complexity index is 343. The van der Waals surface area contributed by atoms with Crippen LogP contribution in [0.15, 0.2) is 24.3 Å². The summed E-state index contributed by atoms with van der Waals surface area (Å²) in [6.45, 7) is 2.91. The molecule has 1 atom stereocenters.